The van der Waals surface area contributed by atoms with Crippen LogP contribution in [0.3, 0.4) is 0 Å². The lowest BCUT2D eigenvalue weighted by atomic mass is 10.1. The SMILES string of the molecule is CCOCCCNCC(C)Oc1cccc(C)c1C. The van der Waals surface area contributed by atoms with E-state index in [4.69, 9.17) is 9.47 Å². The second-order valence-corrected chi connectivity index (χ2v) is 4.88. The second-order valence-electron chi connectivity index (χ2n) is 4.88. The summed E-state index contributed by atoms with van der Waals surface area (Å²) in [5, 5.41) is 3.39. The van der Waals surface area contributed by atoms with Gasteiger partial charge in [0, 0.05) is 19.8 Å². The van der Waals surface area contributed by atoms with E-state index in [1.54, 1.807) is 0 Å². The maximum atomic E-state index is 5.96. The number of hydrogen-bond acceptors (Lipinski definition) is 3. The molecule has 19 heavy (non-hydrogen) atoms. The van der Waals surface area contributed by atoms with Crippen molar-refractivity contribution in [3.05, 3.63) is 29.3 Å². The summed E-state index contributed by atoms with van der Waals surface area (Å²) >= 11 is 0. The summed E-state index contributed by atoms with van der Waals surface area (Å²) in [7, 11) is 0. The van der Waals surface area contributed by atoms with Crippen molar-refractivity contribution in [1.29, 1.82) is 0 Å². The van der Waals surface area contributed by atoms with Crippen molar-refractivity contribution < 1.29 is 9.47 Å². The molecule has 0 aliphatic heterocycles. The van der Waals surface area contributed by atoms with Crippen molar-refractivity contribution in [2.45, 2.75) is 40.2 Å². The summed E-state index contributed by atoms with van der Waals surface area (Å²) in [6.07, 6.45) is 1.22. The molecule has 0 amide bonds. The molecule has 1 atom stereocenters. The molecule has 1 aromatic carbocycles. The summed E-state index contributed by atoms with van der Waals surface area (Å²) in [6, 6.07) is 6.19. The topological polar surface area (TPSA) is 30.5 Å². The molecular weight excluding hydrogens is 238 g/mol. The number of ether oxygens (including phenoxy) is 2. The molecule has 0 spiro atoms. The molecule has 0 aromatic heterocycles. The van der Waals surface area contributed by atoms with Crippen LogP contribution in [-0.4, -0.2) is 32.4 Å². The third-order valence-electron chi connectivity index (χ3n) is 3.16. The first-order chi connectivity index (χ1) is 9.15. The van der Waals surface area contributed by atoms with Gasteiger partial charge < -0.3 is 14.8 Å². The van der Waals surface area contributed by atoms with Crippen molar-refractivity contribution in [2.24, 2.45) is 0 Å². The number of nitrogens with one attached hydrogen (secondary N) is 1. The van der Waals surface area contributed by atoms with Gasteiger partial charge in [-0.1, -0.05) is 12.1 Å². The van der Waals surface area contributed by atoms with E-state index in [1.165, 1.54) is 11.1 Å². The summed E-state index contributed by atoms with van der Waals surface area (Å²) in [6.45, 7) is 11.8. The number of aryl methyl sites for hydroxylation is 1. The fraction of sp³-hybridized carbons (Fsp3) is 0.625. The fourth-order valence-corrected chi connectivity index (χ4v) is 1.86. The van der Waals surface area contributed by atoms with Crippen molar-refractivity contribution in [3.63, 3.8) is 0 Å². The maximum absolute atomic E-state index is 5.96. The Labute approximate surface area is 117 Å². The minimum absolute atomic E-state index is 0.174. The molecular formula is C16H27NO2. The summed E-state index contributed by atoms with van der Waals surface area (Å²) in [4.78, 5) is 0. The molecule has 0 aliphatic rings. The van der Waals surface area contributed by atoms with Gasteiger partial charge in [-0.2, -0.15) is 0 Å². The highest BCUT2D eigenvalue weighted by atomic mass is 16.5. The first-order valence-corrected chi connectivity index (χ1v) is 7.16. The van der Waals surface area contributed by atoms with Crippen LogP contribution in [0.4, 0.5) is 0 Å². The third kappa shape index (κ3) is 6.08. The second kappa shape index (κ2) is 8.94. The van der Waals surface area contributed by atoms with E-state index in [9.17, 15) is 0 Å². The van der Waals surface area contributed by atoms with E-state index in [-0.39, 0.29) is 6.10 Å². The van der Waals surface area contributed by atoms with Crippen LogP contribution in [0.5, 0.6) is 5.75 Å². The predicted molar refractivity (Wildman–Crippen MR) is 80.0 cm³/mol. The average Bonchev–Trinajstić information content (AvgIpc) is 2.39. The zero-order valence-electron chi connectivity index (χ0n) is 12.7. The first kappa shape index (κ1) is 16.0. The molecule has 0 fully saturated rings. The molecule has 0 bridgehead atoms. The van der Waals surface area contributed by atoms with Gasteiger partial charge in [0.1, 0.15) is 11.9 Å². The van der Waals surface area contributed by atoms with E-state index < -0.39 is 0 Å². The molecule has 0 radical (unpaired) electrons. The summed E-state index contributed by atoms with van der Waals surface area (Å²) in [5.74, 6) is 0.989. The molecule has 1 unspecified atom stereocenters. The number of hydrogen-bond donors (Lipinski definition) is 1. The Morgan fingerprint density at radius 2 is 2.05 bits per heavy atom. The van der Waals surface area contributed by atoms with Gasteiger partial charge in [0.25, 0.3) is 0 Å². The van der Waals surface area contributed by atoms with Gasteiger partial charge in [-0.05, 0) is 57.9 Å². The molecule has 3 nitrogen and oxygen atoms in total. The number of benzene rings is 1. The van der Waals surface area contributed by atoms with Gasteiger partial charge in [0.05, 0.1) is 0 Å². The van der Waals surface area contributed by atoms with Crippen LogP contribution in [0.1, 0.15) is 31.4 Å². The highest BCUT2D eigenvalue weighted by molar-refractivity contribution is 5.38. The minimum Gasteiger partial charge on any atom is -0.489 e. The monoisotopic (exact) mass is 265 g/mol. The molecule has 0 saturated carbocycles. The highest BCUT2D eigenvalue weighted by Crippen LogP contribution is 2.21. The van der Waals surface area contributed by atoms with Crippen LogP contribution in [-0.2, 0) is 4.74 Å². The van der Waals surface area contributed by atoms with E-state index in [2.05, 4.69) is 32.2 Å². The van der Waals surface area contributed by atoms with Gasteiger partial charge in [-0.15, -0.1) is 0 Å². The molecule has 0 saturated heterocycles. The zero-order valence-corrected chi connectivity index (χ0v) is 12.7. The largest absolute Gasteiger partial charge is 0.489 e. The van der Waals surface area contributed by atoms with Crippen molar-refractivity contribution in [3.8, 4) is 5.75 Å². The van der Waals surface area contributed by atoms with Gasteiger partial charge in [0.15, 0.2) is 0 Å². The highest BCUT2D eigenvalue weighted by Gasteiger charge is 2.06. The van der Waals surface area contributed by atoms with Crippen LogP contribution >= 0.6 is 0 Å². The van der Waals surface area contributed by atoms with E-state index >= 15 is 0 Å². The summed E-state index contributed by atoms with van der Waals surface area (Å²) < 4.78 is 11.3. The van der Waals surface area contributed by atoms with Gasteiger partial charge in [0.2, 0.25) is 0 Å². The number of rotatable bonds is 9. The van der Waals surface area contributed by atoms with E-state index in [1.807, 2.05) is 19.1 Å². The smallest absolute Gasteiger partial charge is 0.122 e. The lowest BCUT2D eigenvalue weighted by molar-refractivity contribution is 0.143. The Hall–Kier alpha value is -1.06. The fourth-order valence-electron chi connectivity index (χ4n) is 1.86. The lowest BCUT2D eigenvalue weighted by Crippen LogP contribution is -2.30. The average molecular weight is 265 g/mol. The Balaban J connectivity index is 2.23. The maximum Gasteiger partial charge on any atom is 0.122 e. The van der Waals surface area contributed by atoms with E-state index in [0.29, 0.717) is 0 Å². The van der Waals surface area contributed by atoms with Crippen molar-refractivity contribution in [2.75, 3.05) is 26.3 Å². The normalized spacial score (nSPS) is 12.4. The van der Waals surface area contributed by atoms with E-state index in [0.717, 1.165) is 38.5 Å². The van der Waals surface area contributed by atoms with Crippen LogP contribution in [0.25, 0.3) is 0 Å². The molecule has 1 aromatic rings. The van der Waals surface area contributed by atoms with Crippen molar-refractivity contribution in [1.82, 2.24) is 5.32 Å². The zero-order chi connectivity index (χ0) is 14.1. The molecule has 1 N–H and O–H groups in total. The molecule has 3 heteroatoms. The Morgan fingerprint density at radius 3 is 2.79 bits per heavy atom. The molecule has 0 heterocycles. The summed E-state index contributed by atoms with van der Waals surface area (Å²) in [5.41, 5.74) is 2.50. The van der Waals surface area contributed by atoms with Gasteiger partial charge in [-0.3, -0.25) is 0 Å². The minimum atomic E-state index is 0.174. The molecule has 1 rings (SSSR count). The Kier molecular flexibility index (Phi) is 7.53. The predicted octanol–water partition coefficient (Wildman–Crippen LogP) is 3.09. The molecule has 0 aliphatic carbocycles. The standard InChI is InChI=1S/C16H27NO2/c1-5-18-11-7-10-17-12-14(3)19-16-9-6-8-13(2)15(16)4/h6,8-9,14,17H,5,7,10-12H2,1-4H3. The van der Waals surface area contributed by atoms with Crippen LogP contribution in [0.15, 0.2) is 18.2 Å². The van der Waals surface area contributed by atoms with Crippen LogP contribution < -0.4 is 10.1 Å². The Bertz CT molecular complexity index is 366. The van der Waals surface area contributed by atoms with Crippen LogP contribution in [0.2, 0.25) is 0 Å². The van der Waals surface area contributed by atoms with Crippen molar-refractivity contribution >= 4 is 0 Å². The first-order valence-electron chi connectivity index (χ1n) is 7.16. The Morgan fingerprint density at radius 1 is 1.26 bits per heavy atom. The third-order valence-corrected chi connectivity index (χ3v) is 3.16. The van der Waals surface area contributed by atoms with Gasteiger partial charge in [-0.25, -0.2) is 0 Å². The quantitative estimate of drug-likeness (QED) is 0.696. The lowest BCUT2D eigenvalue weighted by Gasteiger charge is -2.18. The molecule has 108 valence electrons. The van der Waals surface area contributed by atoms with Crippen LogP contribution in [0, 0.1) is 13.8 Å². The van der Waals surface area contributed by atoms with Gasteiger partial charge >= 0.3 is 0 Å².